The zero-order chi connectivity index (χ0) is 21.1. The molecule has 5 nitrogen and oxygen atoms in total. The summed E-state index contributed by atoms with van der Waals surface area (Å²) in [4.78, 5) is 14.0. The van der Waals surface area contributed by atoms with Crippen LogP contribution in [0.2, 0.25) is 5.02 Å². The highest BCUT2D eigenvalue weighted by Gasteiger charge is 2.17. The van der Waals surface area contributed by atoms with Crippen molar-refractivity contribution in [2.45, 2.75) is 58.2 Å². The van der Waals surface area contributed by atoms with Crippen molar-refractivity contribution < 1.29 is 19.4 Å². The highest BCUT2D eigenvalue weighted by Crippen LogP contribution is 2.32. The van der Waals surface area contributed by atoms with Crippen LogP contribution in [0.1, 0.15) is 48.9 Å². The van der Waals surface area contributed by atoms with Crippen molar-refractivity contribution in [1.82, 2.24) is 4.98 Å². The lowest BCUT2D eigenvalue weighted by molar-refractivity contribution is -0.136. The number of aryl methyl sites for hydroxylation is 2. The number of aliphatic carboxylic acids is 1. The highest BCUT2D eigenvalue weighted by atomic mass is 35.5. The van der Waals surface area contributed by atoms with Crippen molar-refractivity contribution in [3.8, 4) is 11.5 Å². The van der Waals surface area contributed by atoms with Crippen LogP contribution in [0, 0.1) is 6.92 Å². The van der Waals surface area contributed by atoms with Gasteiger partial charge in [-0.15, -0.1) is 0 Å². The number of carbonyl (C=O) groups is 1. The normalized spacial score (nSPS) is 14.3. The van der Waals surface area contributed by atoms with Gasteiger partial charge in [-0.1, -0.05) is 17.7 Å². The molecule has 158 valence electrons. The van der Waals surface area contributed by atoms with Crippen molar-refractivity contribution in [1.29, 1.82) is 0 Å². The second-order valence-electron chi connectivity index (χ2n) is 7.93. The topological polar surface area (TPSA) is 71.6 Å². The minimum atomic E-state index is -0.844. The van der Waals surface area contributed by atoms with Gasteiger partial charge in [0.2, 0.25) is 0 Å². The Morgan fingerprint density at radius 3 is 2.73 bits per heavy atom. The predicted octanol–water partition coefficient (Wildman–Crippen LogP) is 6.05. The number of carboxylic acid groups (broad SMARTS) is 1. The lowest BCUT2D eigenvalue weighted by Crippen LogP contribution is -2.11. The molecule has 1 saturated carbocycles. The first kappa shape index (κ1) is 20.6. The molecule has 30 heavy (non-hydrogen) atoms. The molecule has 1 heterocycles. The minimum absolute atomic E-state index is 0.0374. The summed E-state index contributed by atoms with van der Waals surface area (Å²) in [5.41, 5.74) is 3.81. The Morgan fingerprint density at radius 2 is 2.00 bits per heavy atom. The smallest absolute Gasteiger partial charge is 0.303 e. The molecule has 0 bridgehead atoms. The monoisotopic (exact) mass is 427 g/mol. The van der Waals surface area contributed by atoms with Gasteiger partial charge in [0.1, 0.15) is 18.1 Å². The van der Waals surface area contributed by atoms with Crippen molar-refractivity contribution in [2.75, 3.05) is 0 Å². The fourth-order valence-electron chi connectivity index (χ4n) is 3.97. The van der Waals surface area contributed by atoms with Gasteiger partial charge in [-0.05, 0) is 80.5 Å². The van der Waals surface area contributed by atoms with E-state index in [4.69, 9.17) is 26.2 Å². The van der Waals surface area contributed by atoms with Gasteiger partial charge < -0.3 is 19.6 Å². The van der Waals surface area contributed by atoms with Crippen molar-refractivity contribution in [3.63, 3.8) is 0 Å². The number of aromatic amines is 1. The molecule has 3 aromatic rings. The van der Waals surface area contributed by atoms with E-state index in [-0.39, 0.29) is 6.42 Å². The van der Waals surface area contributed by atoms with E-state index in [1.54, 1.807) is 0 Å². The van der Waals surface area contributed by atoms with Crippen LogP contribution in [0.5, 0.6) is 11.5 Å². The molecule has 0 amide bonds. The molecule has 2 N–H and O–H groups in total. The number of hydrogen-bond acceptors (Lipinski definition) is 3. The van der Waals surface area contributed by atoms with Gasteiger partial charge in [0.15, 0.2) is 0 Å². The zero-order valence-corrected chi connectivity index (χ0v) is 17.8. The lowest BCUT2D eigenvalue weighted by atomic mass is 10.1. The largest absolute Gasteiger partial charge is 0.490 e. The highest BCUT2D eigenvalue weighted by molar-refractivity contribution is 6.36. The van der Waals surface area contributed by atoms with Gasteiger partial charge in [-0.3, -0.25) is 4.79 Å². The van der Waals surface area contributed by atoms with E-state index >= 15 is 0 Å². The van der Waals surface area contributed by atoms with Crippen LogP contribution < -0.4 is 9.47 Å². The molecule has 4 rings (SSSR count). The molecule has 1 aliphatic rings. The molecule has 0 aliphatic heterocycles. The first-order chi connectivity index (χ1) is 14.5. The molecule has 1 aromatic heterocycles. The third kappa shape index (κ3) is 4.73. The van der Waals surface area contributed by atoms with E-state index in [1.807, 2.05) is 30.3 Å². The van der Waals surface area contributed by atoms with Crippen LogP contribution in [0.3, 0.4) is 0 Å². The van der Waals surface area contributed by atoms with Gasteiger partial charge in [0, 0.05) is 16.6 Å². The first-order valence-corrected chi connectivity index (χ1v) is 10.8. The third-order valence-corrected chi connectivity index (χ3v) is 6.04. The summed E-state index contributed by atoms with van der Waals surface area (Å²) in [6.07, 6.45) is 5.56. The van der Waals surface area contributed by atoms with Gasteiger partial charge >= 0.3 is 5.97 Å². The van der Waals surface area contributed by atoms with Crippen LogP contribution in [0.4, 0.5) is 0 Å². The Balaban J connectivity index is 1.42. The predicted molar refractivity (Wildman–Crippen MR) is 118 cm³/mol. The van der Waals surface area contributed by atoms with Crippen molar-refractivity contribution in [3.05, 3.63) is 58.2 Å². The molecule has 6 heteroatoms. The zero-order valence-electron chi connectivity index (χ0n) is 17.0. The number of rotatable bonds is 8. The minimum Gasteiger partial charge on any atom is -0.490 e. The molecular weight excluding hydrogens is 402 g/mol. The van der Waals surface area contributed by atoms with E-state index in [0.717, 1.165) is 52.1 Å². The Kier molecular flexibility index (Phi) is 6.18. The number of hydrogen-bond donors (Lipinski definition) is 2. The molecule has 0 spiro atoms. The van der Waals surface area contributed by atoms with Crippen molar-refractivity contribution >= 4 is 28.5 Å². The van der Waals surface area contributed by atoms with E-state index in [1.165, 1.54) is 12.8 Å². The fourth-order valence-corrected chi connectivity index (χ4v) is 4.27. The molecule has 1 fully saturated rings. The Labute approximate surface area is 181 Å². The summed E-state index contributed by atoms with van der Waals surface area (Å²) in [6, 6.07) is 11.9. The van der Waals surface area contributed by atoms with Gasteiger partial charge in [0.25, 0.3) is 0 Å². The van der Waals surface area contributed by atoms with Gasteiger partial charge in [-0.25, -0.2) is 0 Å². The average molecular weight is 428 g/mol. The van der Waals surface area contributed by atoms with E-state index < -0.39 is 5.97 Å². The summed E-state index contributed by atoms with van der Waals surface area (Å²) in [6.45, 7) is 2.52. The molecule has 0 saturated heterocycles. The van der Waals surface area contributed by atoms with Crippen LogP contribution in [-0.2, 0) is 17.8 Å². The summed E-state index contributed by atoms with van der Waals surface area (Å²) in [7, 11) is 0. The van der Waals surface area contributed by atoms with Crippen LogP contribution in [0.25, 0.3) is 10.9 Å². The molecule has 0 radical (unpaired) electrons. The Bertz CT molecular complexity index is 1050. The van der Waals surface area contributed by atoms with Crippen LogP contribution >= 0.6 is 11.6 Å². The van der Waals surface area contributed by atoms with E-state index in [9.17, 15) is 4.79 Å². The van der Waals surface area contributed by atoms with E-state index in [2.05, 4.69) is 18.0 Å². The van der Waals surface area contributed by atoms with Crippen molar-refractivity contribution in [2.24, 2.45) is 0 Å². The number of H-pyrrole nitrogens is 1. The first-order valence-electron chi connectivity index (χ1n) is 10.4. The fraction of sp³-hybridized carbons (Fsp3) is 0.375. The molecule has 2 aromatic carbocycles. The number of nitrogens with one attached hydrogen (secondary N) is 1. The summed E-state index contributed by atoms with van der Waals surface area (Å²) >= 11 is 6.44. The maximum Gasteiger partial charge on any atom is 0.303 e. The van der Waals surface area contributed by atoms with Crippen LogP contribution in [0.15, 0.2) is 36.4 Å². The number of carboxylic acids is 1. The molecule has 0 unspecified atom stereocenters. The number of aromatic nitrogens is 1. The van der Waals surface area contributed by atoms with Gasteiger partial charge in [0.05, 0.1) is 17.5 Å². The number of ether oxygens (including phenoxy) is 2. The number of benzene rings is 2. The summed E-state index contributed by atoms with van der Waals surface area (Å²) in [5.74, 6) is 0.834. The van der Waals surface area contributed by atoms with Crippen LogP contribution in [-0.4, -0.2) is 22.2 Å². The van der Waals surface area contributed by atoms with Gasteiger partial charge in [-0.2, -0.15) is 0 Å². The SMILES string of the molecule is Cc1cc(COc2ccc3[nH]c(CCC(=O)O)c(Cl)c3c2)ccc1OC1CCCC1. The lowest BCUT2D eigenvalue weighted by Gasteiger charge is -2.16. The maximum atomic E-state index is 10.8. The number of fused-ring (bicyclic) bond motifs is 1. The third-order valence-electron chi connectivity index (χ3n) is 5.61. The molecule has 0 atom stereocenters. The maximum absolute atomic E-state index is 10.8. The standard InChI is InChI=1S/C24H26ClNO4/c1-15-12-16(6-10-22(15)30-17-4-2-3-5-17)14-29-18-7-8-20-19(13-18)24(25)21(26-20)9-11-23(27)28/h6-8,10,12-13,17,26H,2-5,9,11,14H2,1H3,(H,27,28). The Hall–Kier alpha value is -2.66. The summed E-state index contributed by atoms with van der Waals surface area (Å²) in [5, 5.41) is 10.3. The molecule has 1 aliphatic carbocycles. The molecular formula is C24H26ClNO4. The average Bonchev–Trinajstić information content (AvgIpc) is 3.34. The van der Waals surface area contributed by atoms with E-state index in [0.29, 0.717) is 24.2 Å². The second-order valence-corrected chi connectivity index (χ2v) is 8.31. The summed E-state index contributed by atoms with van der Waals surface area (Å²) < 4.78 is 12.1. The quantitative estimate of drug-likeness (QED) is 0.459. The second kappa shape index (κ2) is 9.00. The number of halogens is 1. The Morgan fingerprint density at radius 1 is 1.20 bits per heavy atom.